The molecule has 1 aromatic carbocycles. The van der Waals surface area contributed by atoms with E-state index in [1.165, 1.54) is 17.4 Å². The second kappa shape index (κ2) is 7.74. The van der Waals surface area contributed by atoms with E-state index >= 15 is 0 Å². The molecule has 0 saturated heterocycles. The molecule has 0 aliphatic heterocycles. The van der Waals surface area contributed by atoms with Crippen LogP contribution in [0, 0.1) is 32.1 Å². The third kappa shape index (κ3) is 3.92. The number of aromatic nitrogens is 3. The first kappa shape index (κ1) is 18.8. The van der Waals surface area contributed by atoms with Crippen molar-refractivity contribution in [1.82, 2.24) is 14.8 Å². The Balaban J connectivity index is 2.00. The molecule has 0 saturated carbocycles. The van der Waals surface area contributed by atoms with Crippen LogP contribution in [0.4, 0.5) is 5.13 Å². The van der Waals surface area contributed by atoms with Crippen LogP contribution in [0.1, 0.15) is 22.4 Å². The Hall–Kier alpha value is -2.95. The molecule has 0 spiro atoms. The number of amides is 1. The van der Waals surface area contributed by atoms with Gasteiger partial charge in [-0.3, -0.25) is 10.1 Å². The Morgan fingerprint density at radius 3 is 2.81 bits per heavy atom. The summed E-state index contributed by atoms with van der Waals surface area (Å²) in [5, 5.41) is 19.0. The molecule has 6 nitrogen and oxygen atoms in total. The molecule has 0 aliphatic rings. The predicted octanol–water partition coefficient (Wildman–Crippen LogP) is 4.45. The van der Waals surface area contributed by atoms with Crippen molar-refractivity contribution in [3.8, 4) is 11.8 Å². The van der Waals surface area contributed by atoms with Gasteiger partial charge in [-0.25, -0.2) is 9.67 Å². The number of halogens is 1. The van der Waals surface area contributed by atoms with Crippen molar-refractivity contribution in [3.05, 3.63) is 62.9 Å². The van der Waals surface area contributed by atoms with Gasteiger partial charge in [-0.2, -0.15) is 10.4 Å². The Kier molecular flexibility index (Phi) is 5.40. The van der Waals surface area contributed by atoms with Crippen molar-refractivity contribution in [2.75, 3.05) is 5.32 Å². The van der Waals surface area contributed by atoms with Gasteiger partial charge in [0.25, 0.3) is 5.91 Å². The molecule has 136 valence electrons. The SMILES string of the molecule is Cc1ccc(C)c(-n2nc(C)c(/C=C(\C#N)C(=O)Nc3nccs3)c2Cl)c1. The summed E-state index contributed by atoms with van der Waals surface area (Å²) < 4.78 is 1.62. The van der Waals surface area contributed by atoms with Crippen LogP contribution in [0.15, 0.2) is 35.3 Å². The van der Waals surface area contributed by atoms with Crippen molar-refractivity contribution in [1.29, 1.82) is 5.26 Å². The number of carbonyl (C=O) groups is 1. The van der Waals surface area contributed by atoms with Crippen LogP contribution in [0.3, 0.4) is 0 Å². The number of benzene rings is 1. The fraction of sp³-hybridized carbons (Fsp3) is 0.158. The van der Waals surface area contributed by atoms with Gasteiger partial charge in [-0.1, -0.05) is 23.7 Å². The standard InChI is InChI=1S/C19H16ClN5OS/c1-11-4-5-12(2)16(8-11)25-17(20)15(13(3)24-25)9-14(10-21)18(26)23-19-22-6-7-27-19/h4-9H,1-3H3,(H,22,23,26)/b14-9+. The third-order valence-corrected chi connectivity index (χ3v) is 5.00. The summed E-state index contributed by atoms with van der Waals surface area (Å²) >= 11 is 7.82. The second-order valence-corrected chi connectivity index (χ2v) is 7.21. The van der Waals surface area contributed by atoms with E-state index in [0.717, 1.165) is 16.8 Å². The molecule has 0 radical (unpaired) electrons. The van der Waals surface area contributed by atoms with Gasteiger partial charge >= 0.3 is 0 Å². The Morgan fingerprint density at radius 1 is 1.37 bits per heavy atom. The number of hydrogen-bond donors (Lipinski definition) is 1. The van der Waals surface area contributed by atoms with Gasteiger partial charge < -0.3 is 0 Å². The van der Waals surface area contributed by atoms with Gasteiger partial charge in [0.2, 0.25) is 0 Å². The maximum absolute atomic E-state index is 12.3. The summed E-state index contributed by atoms with van der Waals surface area (Å²) in [6.07, 6.45) is 3.03. The highest BCUT2D eigenvalue weighted by Crippen LogP contribution is 2.28. The van der Waals surface area contributed by atoms with Crippen molar-refractivity contribution in [2.45, 2.75) is 20.8 Å². The molecule has 1 amide bonds. The smallest absolute Gasteiger partial charge is 0.268 e. The summed E-state index contributed by atoms with van der Waals surface area (Å²) in [6.45, 7) is 5.75. The number of anilines is 1. The van der Waals surface area contributed by atoms with Gasteiger partial charge in [-0.05, 0) is 44.0 Å². The summed E-state index contributed by atoms with van der Waals surface area (Å²) in [5.74, 6) is -0.539. The van der Waals surface area contributed by atoms with Crippen molar-refractivity contribution >= 4 is 40.1 Å². The summed E-state index contributed by atoms with van der Waals surface area (Å²) in [7, 11) is 0. The first-order valence-electron chi connectivity index (χ1n) is 8.06. The van der Waals surface area contributed by atoms with E-state index in [1.54, 1.807) is 23.2 Å². The lowest BCUT2D eigenvalue weighted by atomic mass is 10.1. The molecule has 8 heteroatoms. The lowest BCUT2D eigenvalue weighted by Crippen LogP contribution is -2.13. The Labute approximate surface area is 165 Å². The number of nitrogens with zero attached hydrogens (tertiary/aromatic N) is 4. The van der Waals surface area contributed by atoms with Crippen LogP contribution in [0.2, 0.25) is 5.15 Å². The zero-order chi connectivity index (χ0) is 19.6. The molecule has 0 bridgehead atoms. The van der Waals surface area contributed by atoms with Gasteiger partial charge in [0.05, 0.1) is 11.4 Å². The lowest BCUT2D eigenvalue weighted by Gasteiger charge is -2.08. The molecule has 27 heavy (non-hydrogen) atoms. The minimum atomic E-state index is -0.539. The molecule has 2 aromatic heterocycles. The van der Waals surface area contributed by atoms with E-state index in [4.69, 9.17) is 11.6 Å². The maximum Gasteiger partial charge on any atom is 0.268 e. The minimum Gasteiger partial charge on any atom is -0.297 e. The highest BCUT2D eigenvalue weighted by atomic mass is 35.5. The van der Waals surface area contributed by atoms with Crippen molar-refractivity contribution in [2.24, 2.45) is 0 Å². The van der Waals surface area contributed by atoms with Crippen LogP contribution >= 0.6 is 22.9 Å². The highest BCUT2D eigenvalue weighted by molar-refractivity contribution is 7.13. The van der Waals surface area contributed by atoms with Gasteiger partial charge in [-0.15, -0.1) is 11.3 Å². The van der Waals surface area contributed by atoms with Crippen LogP contribution in [-0.2, 0) is 4.79 Å². The van der Waals surface area contributed by atoms with Crippen LogP contribution in [0.5, 0.6) is 0 Å². The van der Waals surface area contributed by atoms with Crippen LogP contribution in [-0.4, -0.2) is 20.7 Å². The molecule has 0 unspecified atom stereocenters. The summed E-state index contributed by atoms with van der Waals surface area (Å²) in [5.41, 5.74) is 4.03. The number of nitriles is 1. The van der Waals surface area contributed by atoms with Gasteiger partial charge in [0, 0.05) is 17.1 Å². The van der Waals surface area contributed by atoms with Gasteiger partial charge in [0.15, 0.2) is 5.13 Å². The van der Waals surface area contributed by atoms with E-state index in [0.29, 0.717) is 21.5 Å². The fourth-order valence-corrected chi connectivity index (χ4v) is 3.37. The molecule has 2 heterocycles. The van der Waals surface area contributed by atoms with Crippen molar-refractivity contribution in [3.63, 3.8) is 0 Å². The average Bonchev–Trinajstić information content (AvgIpc) is 3.24. The quantitative estimate of drug-likeness (QED) is 0.520. The molecule has 0 atom stereocenters. The predicted molar refractivity (Wildman–Crippen MR) is 107 cm³/mol. The molecule has 3 aromatic rings. The van der Waals surface area contributed by atoms with Crippen LogP contribution in [0.25, 0.3) is 11.8 Å². The normalized spacial score (nSPS) is 11.3. The molecule has 3 rings (SSSR count). The molecular weight excluding hydrogens is 382 g/mol. The summed E-state index contributed by atoms with van der Waals surface area (Å²) in [4.78, 5) is 16.3. The molecule has 0 fully saturated rings. The van der Waals surface area contributed by atoms with E-state index in [9.17, 15) is 10.1 Å². The first-order chi connectivity index (χ1) is 12.9. The minimum absolute atomic E-state index is 0.0734. The number of hydrogen-bond acceptors (Lipinski definition) is 5. The van der Waals surface area contributed by atoms with E-state index in [-0.39, 0.29) is 5.57 Å². The number of nitrogens with one attached hydrogen (secondary N) is 1. The zero-order valence-electron chi connectivity index (χ0n) is 14.9. The van der Waals surface area contributed by atoms with Crippen LogP contribution < -0.4 is 5.32 Å². The monoisotopic (exact) mass is 397 g/mol. The average molecular weight is 398 g/mol. The number of aryl methyl sites for hydroxylation is 3. The number of carbonyl (C=O) groups excluding carboxylic acids is 1. The Bertz CT molecular complexity index is 1080. The fourth-order valence-electron chi connectivity index (χ4n) is 2.52. The highest BCUT2D eigenvalue weighted by Gasteiger charge is 2.18. The van der Waals surface area contributed by atoms with Crippen molar-refractivity contribution < 1.29 is 4.79 Å². The molecule has 0 aliphatic carbocycles. The lowest BCUT2D eigenvalue weighted by molar-refractivity contribution is -0.112. The van der Waals surface area contributed by atoms with E-state index in [1.807, 2.05) is 38.1 Å². The molecular formula is C19H16ClN5OS. The molecule has 1 N–H and O–H groups in total. The van der Waals surface area contributed by atoms with Gasteiger partial charge in [0.1, 0.15) is 16.8 Å². The first-order valence-corrected chi connectivity index (χ1v) is 9.32. The second-order valence-electron chi connectivity index (χ2n) is 5.95. The summed E-state index contributed by atoms with van der Waals surface area (Å²) in [6, 6.07) is 7.91. The third-order valence-electron chi connectivity index (χ3n) is 3.95. The van der Waals surface area contributed by atoms with E-state index < -0.39 is 5.91 Å². The zero-order valence-corrected chi connectivity index (χ0v) is 16.5. The Morgan fingerprint density at radius 2 is 2.15 bits per heavy atom. The number of thiazole rings is 1. The van der Waals surface area contributed by atoms with E-state index in [2.05, 4.69) is 15.4 Å². The largest absolute Gasteiger partial charge is 0.297 e. The topological polar surface area (TPSA) is 83.6 Å². The maximum atomic E-state index is 12.3. The number of rotatable bonds is 4.